The van der Waals surface area contributed by atoms with E-state index in [4.69, 9.17) is 9.84 Å². The summed E-state index contributed by atoms with van der Waals surface area (Å²) in [4.78, 5) is 22.0. The number of ether oxygens (including phenoxy) is 1. The van der Waals surface area contributed by atoms with E-state index in [1.54, 1.807) is 6.08 Å². The van der Waals surface area contributed by atoms with Crippen molar-refractivity contribution in [1.29, 1.82) is 0 Å². The highest BCUT2D eigenvalue weighted by molar-refractivity contribution is 5.75. The highest BCUT2D eigenvalue weighted by Crippen LogP contribution is 1.95. The molecule has 0 atom stereocenters. The molecule has 0 fully saturated rings. The van der Waals surface area contributed by atoms with Crippen LogP contribution in [0.15, 0.2) is 18.9 Å². The minimum absolute atomic E-state index is 0.111. The molecule has 0 bridgehead atoms. The van der Waals surface area contributed by atoms with Crippen molar-refractivity contribution in [2.45, 2.75) is 25.9 Å². The molecule has 0 spiro atoms. The number of carbonyl (C=O) groups is 2. The second-order valence-corrected chi connectivity index (χ2v) is 4.05. The van der Waals surface area contributed by atoms with Crippen LogP contribution in [0.3, 0.4) is 0 Å². The van der Waals surface area contributed by atoms with Crippen LogP contribution in [-0.2, 0) is 27.4 Å². The molecule has 8 nitrogen and oxygen atoms in total. The highest BCUT2D eigenvalue weighted by atomic mass is 16.5. The van der Waals surface area contributed by atoms with Gasteiger partial charge < -0.3 is 15.2 Å². The Labute approximate surface area is 116 Å². The molecule has 0 aliphatic carbocycles. The molecule has 1 rings (SSSR count). The zero-order valence-electron chi connectivity index (χ0n) is 11.1. The van der Waals surface area contributed by atoms with Gasteiger partial charge in [-0.05, 0) is 6.42 Å². The number of hydrogen-bond donors (Lipinski definition) is 2. The van der Waals surface area contributed by atoms with Crippen LogP contribution in [0.25, 0.3) is 0 Å². The fourth-order valence-corrected chi connectivity index (χ4v) is 1.41. The molecule has 0 saturated carbocycles. The zero-order valence-corrected chi connectivity index (χ0v) is 11.1. The third-order valence-corrected chi connectivity index (χ3v) is 2.28. The minimum atomic E-state index is -0.995. The maximum Gasteiger partial charge on any atom is 0.325 e. The minimum Gasteiger partial charge on any atom is -0.480 e. The van der Waals surface area contributed by atoms with E-state index in [0.717, 1.165) is 0 Å². The van der Waals surface area contributed by atoms with Gasteiger partial charge in [0.25, 0.3) is 0 Å². The Kier molecular flexibility index (Phi) is 6.97. The van der Waals surface area contributed by atoms with E-state index < -0.39 is 5.97 Å². The molecule has 0 radical (unpaired) electrons. The maximum atomic E-state index is 11.5. The van der Waals surface area contributed by atoms with Crippen LogP contribution in [-0.4, -0.2) is 45.2 Å². The van der Waals surface area contributed by atoms with Crippen LogP contribution >= 0.6 is 0 Å². The van der Waals surface area contributed by atoms with Gasteiger partial charge in [0.05, 0.1) is 19.3 Å². The predicted octanol–water partition coefficient (Wildman–Crippen LogP) is -0.0383. The molecule has 0 aromatic carbocycles. The first-order valence-corrected chi connectivity index (χ1v) is 6.18. The highest BCUT2D eigenvalue weighted by Gasteiger charge is 2.06. The Morgan fingerprint density at radius 3 is 3.05 bits per heavy atom. The van der Waals surface area contributed by atoms with E-state index >= 15 is 0 Å². The number of carboxylic acid groups (broad SMARTS) is 1. The van der Waals surface area contributed by atoms with Crippen LogP contribution in [0.1, 0.15) is 18.5 Å². The molecule has 1 heterocycles. The molecular formula is C12H18N4O4. The monoisotopic (exact) mass is 282 g/mol. The van der Waals surface area contributed by atoms with Gasteiger partial charge in [-0.2, -0.15) is 0 Å². The largest absolute Gasteiger partial charge is 0.480 e. The number of amides is 1. The molecule has 2 N–H and O–H groups in total. The number of hydrogen-bond acceptors (Lipinski definition) is 5. The van der Waals surface area contributed by atoms with Gasteiger partial charge in [-0.25, -0.2) is 4.68 Å². The van der Waals surface area contributed by atoms with Gasteiger partial charge >= 0.3 is 5.97 Å². The number of nitrogens with zero attached hydrogens (tertiary/aromatic N) is 3. The molecule has 1 aromatic heterocycles. The van der Waals surface area contributed by atoms with Crippen molar-refractivity contribution in [3.05, 3.63) is 24.5 Å². The van der Waals surface area contributed by atoms with E-state index in [9.17, 15) is 9.59 Å². The molecule has 8 heteroatoms. The first-order valence-electron chi connectivity index (χ1n) is 6.18. The van der Waals surface area contributed by atoms with Crippen LogP contribution in [0.4, 0.5) is 0 Å². The standard InChI is InChI=1S/C12H18N4O4/c1-2-5-20-6-3-4-11(17)13-7-10-8-16(15-14-10)9-12(18)19/h2,8H,1,3-7,9H2,(H,13,17)(H,18,19). The lowest BCUT2D eigenvalue weighted by Crippen LogP contribution is -2.23. The Morgan fingerprint density at radius 1 is 1.55 bits per heavy atom. The summed E-state index contributed by atoms with van der Waals surface area (Å²) < 4.78 is 6.36. The Morgan fingerprint density at radius 2 is 2.35 bits per heavy atom. The fraction of sp³-hybridized carbons (Fsp3) is 0.500. The summed E-state index contributed by atoms with van der Waals surface area (Å²) in [6.45, 7) is 4.49. The molecule has 0 saturated heterocycles. The summed E-state index contributed by atoms with van der Waals surface area (Å²) in [5.74, 6) is -1.11. The molecule has 1 amide bonds. The van der Waals surface area contributed by atoms with Gasteiger partial charge in [0.1, 0.15) is 12.2 Å². The maximum absolute atomic E-state index is 11.5. The first-order chi connectivity index (χ1) is 9.61. The van der Waals surface area contributed by atoms with E-state index in [1.165, 1.54) is 10.9 Å². The van der Waals surface area contributed by atoms with Crippen molar-refractivity contribution in [2.75, 3.05) is 13.2 Å². The van der Waals surface area contributed by atoms with Gasteiger partial charge in [0.15, 0.2) is 0 Å². The summed E-state index contributed by atoms with van der Waals surface area (Å²) in [7, 11) is 0. The molecule has 0 aliphatic heterocycles. The van der Waals surface area contributed by atoms with Crippen molar-refractivity contribution in [2.24, 2.45) is 0 Å². The normalized spacial score (nSPS) is 10.2. The van der Waals surface area contributed by atoms with Gasteiger partial charge in [-0.3, -0.25) is 9.59 Å². The molecule has 1 aromatic rings. The second-order valence-electron chi connectivity index (χ2n) is 4.05. The molecule has 0 unspecified atom stereocenters. The topological polar surface area (TPSA) is 106 Å². The SMILES string of the molecule is C=CCOCCCC(=O)NCc1cn(CC(=O)O)nn1. The van der Waals surface area contributed by atoms with Crippen molar-refractivity contribution < 1.29 is 19.4 Å². The smallest absolute Gasteiger partial charge is 0.325 e. The summed E-state index contributed by atoms with van der Waals surface area (Å²) in [5.41, 5.74) is 0.516. The number of carbonyl (C=O) groups excluding carboxylic acids is 1. The third kappa shape index (κ3) is 6.64. The summed E-state index contributed by atoms with van der Waals surface area (Å²) in [6, 6.07) is 0. The Balaban J connectivity index is 2.18. The van der Waals surface area contributed by atoms with Crippen molar-refractivity contribution >= 4 is 11.9 Å². The molecule has 20 heavy (non-hydrogen) atoms. The quantitative estimate of drug-likeness (QED) is 0.461. The van der Waals surface area contributed by atoms with Crippen LogP contribution in [0, 0.1) is 0 Å². The molecule has 0 aliphatic rings. The lowest BCUT2D eigenvalue weighted by atomic mass is 10.3. The van der Waals surface area contributed by atoms with Crippen molar-refractivity contribution in [3.63, 3.8) is 0 Å². The van der Waals surface area contributed by atoms with E-state index in [-0.39, 0.29) is 19.0 Å². The van der Waals surface area contributed by atoms with Crippen LogP contribution < -0.4 is 5.32 Å². The second kappa shape index (κ2) is 8.81. The van der Waals surface area contributed by atoms with Crippen LogP contribution in [0.2, 0.25) is 0 Å². The Bertz CT molecular complexity index is 458. The van der Waals surface area contributed by atoms with Crippen molar-refractivity contribution in [3.8, 4) is 0 Å². The number of aliphatic carboxylic acids is 1. The summed E-state index contributed by atoms with van der Waals surface area (Å²) in [5, 5.41) is 18.7. The van der Waals surface area contributed by atoms with Gasteiger partial charge in [0, 0.05) is 13.0 Å². The van der Waals surface area contributed by atoms with E-state index in [2.05, 4.69) is 22.2 Å². The predicted molar refractivity (Wildman–Crippen MR) is 69.8 cm³/mol. The molecular weight excluding hydrogens is 264 g/mol. The Hall–Kier alpha value is -2.22. The van der Waals surface area contributed by atoms with E-state index in [0.29, 0.717) is 31.7 Å². The van der Waals surface area contributed by atoms with E-state index in [1.807, 2.05) is 0 Å². The van der Waals surface area contributed by atoms with Gasteiger partial charge in [-0.1, -0.05) is 11.3 Å². The van der Waals surface area contributed by atoms with Crippen molar-refractivity contribution in [1.82, 2.24) is 20.3 Å². The third-order valence-electron chi connectivity index (χ3n) is 2.28. The van der Waals surface area contributed by atoms with Gasteiger partial charge in [-0.15, -0.1) is 11.7 Å². The average molecular weight is 282 g/mol. The number of aromatic nitrogens is 3. The molecule has 110 valence electrons. The average Bonchev–Trinajstić information content (AvgIpc) is 2.83. The lowest BCUT2D eigenvalue weighted by molar-refractivity contribution is -0.138. The number of nitrogens with one attached hydrogen (secondary N) is 1. The van der Waals surface area contributed by atoms with Crippen LogP contribution in [0.5, 0.6) is 0 Å². The summed E-state index contributed by atoms with van der Waals surface area (Å²) >= 11 is 0. The lowest BCUT2D eigenvalue weighted by Gasteiger charge is -2.03. The first kappa shape index (κ1) is 15.8. The summed E-state index contributed by atoms with van der Waals surface area (Å²) in [6.07, 6.45) is 4.13. The van der Waals surface area contributed by atoms with Gasteiger partial charge in [0.2, 0.25) is 5.91 Å². The fourth-order valence-electron chi connectivity index (χ4n) is 1.41. The zero-order chi connectivity index (χ0) is 14.8. The number of rotatable bonds is 10. The number of carboxylic acids is 1.